The number of hydrogen-bond acceptors (Lipinski definition) is 4. The molecule has 0 aliphatic rings. The van der Waals surface area contributed by atoms with Gasteiger partial charge in [-0.2, -0.15) is 0 Å². The Morgan fingerprint density at radius 1 is 1.21 bits per heavy atom. The lowest BCUT2D eigenvalue weighted by atomic mass is 10.1. The van der Waals surface area contributed by atoms with E-state index in [0.717, 1.165) is 6.42 Å². The number of rotatable bonds is 8. The van der Waals surface area contributed by atoms with Crippen LogP contribution in [-0.4, -0.2) is 27.2 Å². The molecule has 6 heteroatoms. The molecule has 0 unspecified atom stereocenters. The van der Waals surface area contributed by atoms with Gasteiger partial charge in [0.1, 0.15) is 0 Å². The van der Waals surface area contributed by atoms with Gasteiger partial charge in [0.15, 0.2) is 11.5 Å². The molecule has 0 heterocycles. The lowest BCUT2D eigenvalue weighted by molar-refractivity contribution is -0.137. The van der Waals surface area contributed by atoms with Crippen molar-refractivity contribution < 1.29 is 24.9 Å². The second-order valence-corrected chi connectivity index (χ2v) is 5.81. The summed E-state index contributed by atoms with van der Waals surface area (Å²) in [6.07, 6.45) is 7.58. The summed E-state index contributed by atoms with van der Waals surface area (Å²) in [4.78, 5) is 22.4. The first-order chi connectivity index (χ1) is 11.3. The monoisotopic (exact) mass is 333 g/mol. The van der Waals surface area contributed by atoms with E-state index in [1.165, 1.54) is 18.2 Å². The number of hydrogen-bond donors (Lipinski definition) is 4. The van der Waals surface area contributed by atoms with Crippen LogP contribution in [0.15, 0.2) is 36.4 Å². The topological polar surface area (TPSA) is 107 Å². The van der Waals surface area contributed by atoms with E-state index >= 15 is 0 Å². The summed E-state index contributed by atoms with van der Waals surface area (Å²) < 4.78 is 0. The van der Waals surface area contributed by atoms with E-state index in [4.69, 9.17) is 5.11 Å². The maximum absolute atomic E-state index is 11.8. The molecule has 0 fully saturated rings. The predicted molar refractivity (Wildman–Crippen MR) is 92.1 cm³/mol. The van der Waals surface area contributed by atoms with Crippen molar-refractivity contribution in [2.24, 2.45) is 5.92 Å². The summed E-state index contributed by atoms with van der Waals surface area (Å²) >= 11 is 0. The number of carboxylic acid groups (broad SMARTS) is 1. The fourth-order valence-electron chi connectivity index (χ4n) is 1.91. The van der Waals surface area contributed by atoms with E-state index in [2.05, 4.69) is 19.2 Å². The fraction of sp³-hybridized carbons (Fsp3) is 0.333. The van der Waals surface area contributed by atoms with Gasteiger partial charge in [-0.05, 0) is 36.5 Å². The minimum atomic E-state index is -0.968. The number of aryl methyl sites for hydroxylation is 1. The SMILES string of the molecule is CC(C)CC=CC=CC(=O)Nc1cc(CCC(=O)O)cc(O)c1O. The summed E-state index contributed by atoms with van der Waals surface area (Å²) in [7, 11) is 0. The number of allylic oxidation sites excluding steroid dienone is 3. The van der Waals surface area contributed by atoms with E-state index < -0.39 is 23.4 Å². The van der Waals surface area contributed by atoms with Crippen LogP contribution in [0.1, 0.15) is 32.3 Å². The van der Waals surface area contributed by atoms with Gasteiger partial charge in [-0.25, -0.2) is 0 Å². The molecule has 4 N–H and O–H groups in total. The van der Waals surface area contributed by atoms with E-state index in [1.807, 2.05) is 6.08 Å². The average molecular weight is 333 g/mol. The molecule has 1 rings (SSSR count). The number of phenols is 2. The predicted octanol–water partition coefficient (Wildman–Crippen LogP) is 3.21. The van der Waals surface area contributed by atoms with Gasteiger partial charge < -0.3 is 20.6 Å². The summed E-state index contributed by atoms with van der Waals surface area (Å²) in [5.41, 5.74) is 0.542. The zero-order valence-corrected chi connectivity index (χ0v) is 13.8. The van der Waals surface area contributed by atoms with Gasteiger partial charge >= 0.3 is 5.97 Å². The van der Waals surface area contributed by atoms with Gasteiger partial charge in [0.2, 0.25) is 5.91 Å². The molecule has 0 radical (unpaired) electrons. The lowest BCUT2D eigenvalue weighted by Gasteiger charge is -2.09. The number of benzene rings is 1. The first-order valence-corrected chi connectivity index (χ1v) is 7.70. The van der Waals surface area contributed by atoms with Gasteiger partial charge in [-0.1, -0.05) is 32.1 Å². The molecule has 0 atom stereocenters. The van der Waals surface area contributed by atoms with Crippen LogP contribution in [0, 0.1) is 5.92 Å². The number of aliphatic carboxylic acids is 1. The minimum Gasteiger partial charge on any atom is -0.504 e. The Morgan fingerprint density at radius 2 is 1.92 bits per heavy atom. The number of aromatic hydroxyl groups is 2. The second kappa shape index (κ2) is 9.39. The Bertz CT molecular complexity index is 647. The second-order valence-electron chi connectivity index (χ2n) is 5.81. The van der Waals surface area contributed by atoms with Crippen molar-refractivity contribution in [3.05, 3.63) is 42.0 Å². The summed E-state index contributed by atoms with van der Waals surface area (Å²) in [5, 5.41) is 30.6. The van der Waals surface area contributed by atoms with Crippen LogP contribution in [-0.2, 0) is 16.0 Å². The number of amides is 1. The third-order valence-corrected chi connectivity index (χ3v) is 3.14. The Labute approximate surface area is 141 Å². The normalized spacial score (nSPS) is 11.5. The molecule has 1 aromatic rings. The molecule has 0 saturated carbocycles. The Hall–Kier alpha value is -2.76. The lowest BCUT2D eigenvalue weighted by Crippen LogP contribution is -2.08. The van der Waals surface area contributed by atoms with Crippen LogP contribution in [0.3, 0.4) is 0 Å². The highest BCUT2D eigenvalue weighted by Gasteiger charge is 2.11. The molecule has 130 valence electrons. The number of carboxylic acids is 1. The van der Waals surface area contributed by atoms with Crippen LogP contribution in [0.4, 0.5) is 5.69 Å². The molecule has 0 bridgehead atoms. The highest BCUT2D eigenvalue weighted by atomic mass is 16.4. The van der Waals surface area contributed by atoms with E-state index in [0.29, 0.717) is 11.5 Å². The fourth-order valence-corrected chi connectivity index (χ4v) is 1.91. The zero-order valence-electron chi connectivity index (χ0n) is 13.8. The molecule has 0 aliphatic carbocycles. The van der Waals surface area contributed by atoms with Crippen molar-refractivity contribution in [2.45, 2.75) is 33.1 Å². The van der Waals surface area contributed by atoms with Crippen molar-refractivity contribution in [3.8, 4) is 11.5 Å². The first-order valence-electron chi connectivity index (χ1n) is 7.70. The van der Waals surface area contributed by atoms with Crippen LogP contribution < -0.4 is 5.32 Å². The van der Waals surface area contributed by atoms with Crippen molar-refractivity contribution in [1.82, 2.24) is 0 Å². The number of nitrogens with one attached hydrogen (secondary N) is 1. The molecule has 24 heavy (non-hydrogen) atoms. The van der Waals surface area contributed by atoms with Gasteiger partial charge in [0.05, 0.1) is 5.69 Å². The van der Waals surface area contributed by atoms with Crippen LogP contribution in [0.5, 0.6) is 11.5 Å². The molecule has 0 aromatic heterocycles. The van der Waals surface area contributed by atoms with Crippen LogP contribution >= 0.6 is 0 Å². The Balaban J connectivity index is 2.75. The molecule has 6 nitrogen and oxygen atoms in total. The smallest absolute Gasteiger partial charge is 0.303 e. The maximum atomic E-state index is 11.8. The molecule has 1 amide bonds. The molecular formula is C18H23NO5. The van der Waals surface area contributed by atoms with Crippen molar-refractivity contribution in [1.29, 1.82) is 0 Å². The number of carbonyl (C=O) groups is 2. The quantitative estimate of drug-likeness (QED) is 0.332. The minimum absolute atomic E-state index is 0.0381. The van der Waals surface area contributed by atoms with Crippen molar-refractivity contribution in [2.75, 3.05) is 5.32 Å². The van der Waals surface area contributed by atoms with Crippen LogP contribution in [0.2, 0.25) is 0 Å². The Kier molecular flexibility index (Phi) is 7.55. The standard InChI is InChI=1S/C18H23NO5/c1-12(2)6-4-3-5-7-16(21)19-14-10-13(8-9-17(22)23)11-15(20)18(14)24/h3-5,7,10-12,20,24H,6,8-9H2,1-2H3,(H,19,21)(H,22,23). The van der Waals surface area contributed by atoms with Crippen molar-refractivity contribution >= 4 is 17.6 Å². The average Bonchev–Trinajstić information content (AvgIpc) is 2.49. The number of anilines is 1. The largest absolute Gasteiger partial charge is 0.504 e. The summed E-state index contributed by atoms with van der Waals surface area (Å²) in [5.74, 6) is -1.75. The van der Waals surface area contributed by atoms with E-state index in [1.54, 1.807) is 12.2 Å². The molecular weight excluding hydrogens is 310 g/mol. The molecule has 0 saturated heterocycles. The maximum Gasteiger partial charge on any atom is 0.303 e. The van der Waals surface area contributed by atoms with Crippen molar-refractivity contribution in [3.63, 3.8) is 0 Å². The molecule has 0 aliphatic heterocycles. The third-order valence-electron chi connectivity index (χ3n) is 3.14. The number of phenolic OH excluding ortho intramolecular Hbond substituents is 2. The van der Waals surface area contributed by atoms with Gasteiger partial charge in [0, 0.05) is 12.5 Å². The Morgan fingerprint density at radius 3 is 2.54 bits per heavy atom. The van der Waals surface area contributed by atoms with Gasteiger partial charge in [0.25, 0.3) is 0 Å². The molecule has 1 aromatic carbocycles. The first kappa shape index (κ1) is 19.3. The third kappa shape index (κ3) is 7.00. The van der Waals surface area contributed by atoms with E-state index in [-0.39, 0.29) is 18.5 Å². The van der Waals surface area contributed by atoms with E-state index in [9.17, 15) is 19.8 Å². The molecule has 0 spiro atoms. The van der Waals surface area contributed by atoms with Crippen LogP contribution in [0.25, 0.3) is 0 Å². The summed E-state index contributed by atoms with van der Waals surface area (Å²) in [6.45, 7) is 4.18. The van der Waals surface area contributed by atoms with Gasteiger partial charge in [-0.15, -0.1) is 0 Å². The summed E-state index contributed by atoms with van der Waals surface area (Å²) in [6, 6.07) is 2.72. The van der Waals surface area contributed by atoms with Gasteiger partial charge in [-0.3, -0.25) is 9.59 Å². The zero-order chi connectivity index (χ0) is 18.1. The highest BCUT2D eigenvalue weighted by Crippen LogP contribution is 2.35. The highest BCUT2D eigenvalue weighted by molar-refractivity contribution is 6.00. The number of carbonyl (C=O) groups excluding carboxylic acids is 1.